The SMILES string of the molecule is Cc1ccc(C(=O)Nc2cc(C)c(Br)c(C)c2)cc1N. The summed E-state index contributed by atoms with van der Waals surface area (Å²) >= 11 is 3.51. The van der Waals surface area contributed by atoms with Crippen LogP contribution in [0.5, 0.6) is 0 Å². The Hall–Kier alpha value is -1.81. The number of nitrogens with two attached hydrogens (primary N) is 1. The van der Waals surface area contributed by atoms with Crippen molar-refractivity contribution in [2.75, 3.05) is 11.1 Å². The molecular formula is C16H17BrN2O. The van der Waals surface area contributed by atoms with Gasteiger partial charge in [0.05, 0.1) is 0 Å². The van der Waals surface area contributed by atoms with Crippen molar-refractivity contribution < 1.29 is 4.79 Å². The molecule has 0 spiro atoms. The van der Waals surface area contributed by atoms with E-state index in [1.165, 1.54) is 0 Å². The van der Waals surface area contributed by atoms with Crippen LogP contribution in [0.4, 0.5) is 11.4 Å². The first-order valence-electron chi connectivity index (χ1n) is 6.32. The summed E-state index contributed by atoms with van der Waals surface area (Å²) in [7, 11) is 0. The molecule has 0 radical (unpaired) electrons. The Morgan fingerprint density at radius 2 is 1.65 bits per heavy atom. The van der Waals surface area contributed by atoms with Gasteiger partial charge in [0.2, 0.25) is 0 Å². The van der Waals surface area contributed by atoms with Gasteiger partial charge in [0.15, 0.2) is 0 Å². The van der Waals surface area contributed by atoms with Crippen LogP contribution in [-0.2, 0) is 0 Å². The first-order valence-corrected chi connectivity index (χ1v) is 7.12. The Kier molecular flexibility index (Phi) is 4.14. The van der Waals surface area contributed by atoms with Crippen molar-refractivity contribution >= 4 is 33.2 Å². The summed E-state index contributed by atoms with van der Waals surface area (Å²) in [5, 5.41) is 2.90. The fraction of sp³-hybridized carbons (Fsp3) is 0.188. The molecule has 3 nitrogen and oxygen atoms in total. The number of halogens is 1. The standard InChI is InChI=1S/C16H17BrN2O/c1-9-4-5-12(8-14(9)18)16(20)19-13-6-10(2)15(17)11(3)7-13/h4-8H,18H2,1-3H3,(H,19,20). The highest BCUT2D eigenvalue weighted by atomic mass is 79.9. The third-order valence-electron chi connectivity index (χ3n) is 3.24. The Bertz CT molecular complexity index is 657. The summed E-state index contributed by atoms with van der Waals surface area (Å²) < 4.78 is 1.06. The molecule has 0 fully saturated rings. The number of benzene rings is 2. The molecule has 104 valence electrons. The molecular weight excluding hydrogens is 316 g/mol. The zero-order valence-corrected chi connectivity index (χ0v) is 13.3. The van der Waals surface area contributed by atoms with Crippen molar-refractivity contribution in [2.45, 2.75) is 20.8 Å². The van der Waals surface area contributed by atoms with E-state index < -0.39 is 0 Å². The molecule has 2 aromatic carbocycles. The van der Waals surface area contributed by atoms with Gasteiger partial charge < -0.3 is 11.1 Å². The molecule has 2 rings (SSSR count). The zero-order valence-electron chi connectivity index (χ0n) is 11.8. The van der Waals surface area contributed by atoms with E-state index in [1.807, 2.05) is 39.0 Å². The molecule has 4 heteroatoms. The number of nitrogen functional groups attached to an aromatic ring is 1. The number of hydrogen-bond donors (Lipinski definition) is 2. The van der Waals surface area contributed by atoms with Gasteiger partial charge in [-0.3, -0.25) is 4.79 Å². The van der Waals surface area contributed by atoms with E-state index in [0.29, 0.717) is 11.3 Å². The number of rotatable bonds is 2. The van der Waals surface area contributed by atoms with E-state index in [-0.39, 0.29) is 5.91 Å². The number of carbonyl (C=O) groups is 1. The number of hydrogen-bond acceptors (Lipinski definition) is 2. The normalized spacial score (nSPS) is 10.4. The van der Waals surface area contributed by atoms with Crippen molar-refractivity contribution in [3.8, 4) is 0 Å². The first kappa shape index (κ1) is 14.6. The van der Waals surface area contributed by atoms with Crippen LogP contribution in [0, 0.1) is 20.8 Å². The van der Waals surface area contributed by atoms with Crippen molar-refractivity contribution in [1.82, 2.24) is 0 Å². The summed E-state index contributed by atoms with van der Waals surface area (Å²) in [6.07, 6.45) is 0. The lowest BCUT2D eigenvalue weighted by Gasteiger charge is -2.10. The Balaban J connectivity index is 2.25. The van der Waals surface area contributed by atoms with E-state index in [9.17, 15) is 4.79 Å². The Morgan fingerprint density at radius 1 is 1.05 bits per heavy atom. The predicted octanol–water partition coefficient (Wildman–Crippen LogP) is 4.21. The minimum absolute atomic E-state index is 0.155. The van der Waals surface area contributed by atoms with Gasteiger partial charge in [0.25, 0.3) is 5.91 Å². The maximum absolute atomic E-state index is 12.2. The van der Waals surface area contributed by atoms with Gasteiger partial charge in [-0.2, -0.15) is 0 Å². The molecule has 0 aliphatic heterocycles. The van der Waals surface area contributed by atoms with Crippen LogP contribution in [0.15, 0.2) is 34.8 Å². The maximum atomic E-state index is 12.2. The van der Waals surface area contributed by atoms with Gasteiger partial charge in [-0.1, -0.05) is 22.0 Å². The van der Waals surface area contributed by atoms with E-state index in [1.54, 1.807) is 12.1 Å². The molecule has 0 saturated heterocycles. The molecule has 1 amide bonds. The molecule has 0 aliphatic rings. The molecule has 2 aromatic rings. The lowest BCUT2D eigenvalue weighted by Crippen LogP contribution is -2.12. The molecule has 0 aromatic heterocycles. The van der Waals surface area contributed by atoms with Crippen molar-refractivity contribution in [1.29, 1.82) is 0 Å². The Morgan fingerprint density at radius 3 is 2.20 bits per heavy atom. The first-order chi connectivity index (χ1) is 9.38. The molecule has 0 atom stereocenters. The molecule has 3 N–H and O–H groups in total. The summed E-state index contributed by atoms with van der Waals surface area (Å²) in [6.45, 7) is 5.91. The van der Waals surface area contributed by atoms with Crippen molar-refractivity contribution in [3.63, 3.8) is 0 Å². The number of nitrogens with one attached hydrogen (secondary N) is 1. The van der Waals surface area contributed by atoms with Crippen molar-refractivity contribution in [3.05, 3.63) is 57.1 Å². The fourth-order valence-corrected chi connectivity index (χ4v) is 2.23. The number of amides is 1. The minimum atomic E-state index is -0.155. The van der Waals surface area contributed by atoms with Gasteiger partial charge in [-0.25, -0.2) is 0 Å². The number of anilines is 2. The summed E-state index contributed by atoms with van der Waals surface area (Å²) in [4.78, 5) is 12.2. The van der Waals surface area contributed by atoms with Crippen LogP contribution in [0.3, 0.4) is 0 Å². The summed E-state index contributed by atoms with van der Waals surface area (Å²) in [5.41, 5.74) is 10.9. The highest BCUT2D eigenvalue weighted by Gasteiger charge is 2.09. The summed E-state index contributed by atoms with van der Waals surface area (Å²) in [6, 6.07) is 9.20. The molecule has 0 aliphatic carbocycles. The lowest BCUT2D eigenvalue weighted by atomic mass is 10.1. The number of carbonyl (C=O) groups excluding carboxylic acids is 1. The van der Waals surface area contributed by atoms with Gasteiger partial charge in [0.1, 0.15) is 0 Å². The largest absolute Gasteiger partial charge is 0.398 e. The van der Waals surface area contributed by atoms with Crippen molar-refractivity contribution in [2.24, 2.45) is 0 Å². The minimum Gasteiger partial charge on any atom is -0.398 e. The lowest BCUT2D eigenvalue weighted by molar-refractivity contribution is 0.102. The van der Waals surface area contributed by atoms with Crippen LogP contribution in [0.25, 0.3) is 0 Å². The van der Waals surface area contributed by atoms with Crippen LogP contribution in [0.2, 0.25) is 0 Å². The second-order valence-corrected chi connectivity index (χ2v) is 5.74. The maximum Gasteiger partial charge on any atom is 0.255 e. The van der Waals surface area contributed by atoms with E-state index in [0.717, 1.165) is 26.9 Å². The number of aryl methyl sites for hydroxylation is 3. The predicted molar refractivity (Wildman–Crippen MR) is 87.2 cm³/mol. The average Bonchev–Trinajstić information content (AvgIpc) is 2.39. The quantitative estimate of drug-likeness (QED) is 0.809. The van der Waals surface area contributed by atoms with E-state index in [2.05, 4.69) is 21.2 Å². The molecule has 0 heterocycles. The van der Waals surface area contributed by atoms with Crippen LogP contribution < -0.4 is 11.1 Å². The van der Waals surface area contributed by atoms with Crippen LogP contribution in [0.1, 0.15) is 27.0 Å². The third-order valence-corrected chi connectivity index (χ3v) is 4.49. The van der Waals surface area contributed by atoms with Gasteiger partial charge in [-0.05, 0) is 61.7 Å². The van der Waals surface area contributed by atoms with E-state index in [4.69, 9.17) is 5.73 Å². The fourth-order valence-electron chi connectivity index (χ4n) is 2.00. The molecule has 0 unspecified atom stereocenters. The summed E-state index contributed by atoms with van der Waals surface area (Å²) in [5.74, 6) is -0.155. The molecule has 20 heavy (non-hydrogen) atoms. The van der Waals surface area contributed by atoms with Gasteiger partial charge in [-0.15, -0.1) is 0 Å². The van der Waals surface area contributed by atoms with Gasteiger partial charge >= 0.3 is 0 Å². The highest BCUT2D eigenvalue weighted by Crippen LogP contribution is 2.25. The molecule has 0 saturated carbocycles. The molecule has 0 bridgehead atoms. The van der Waals surface area contributed by atoms with Crippen LogP contribution >= 0.6 is 15.9 Å². The van der Waals surface area contributed by atoms with Gasteiger partial charge in [0, 0.05) is 21.4 Å². The monoisotopic (exact) mass is 332 g/mol. The Labute approximate surface area is 127 Å². The average molecular weight is 333 g/mol. The highest BCUT2D eigenvalue weighted by molar-refractivity contribution is 9.10. The second kappa shape index (κ2) is 5.67. The van der Waals surface area contributed by atoms with E-state index >= 15 is 0 Å². The third kappa shape index (κ3) is 3.02. The second-order valence-electron chi connectivity index (χ2n) is 4.95. The van der Waals surface area contributed by atoms with Crippen LogP contribution in [-0.4, -0.2) is 5.91 Å². The zero-order chi connectivity index (χ0) is 14.9. The topological polar surface area (TPSA) is 55.1 Å². The smallest absolute Gasteiger partial charge is 0.255 e.